The third-order valence-corrected chi connectivity index (χ3v) is 5.09. The molecule has 2 aromatic carbocycles. The molecule has 31 heavy (non-hydrogen) atoms. The lowest BCUT2D eigenvalue weighted by molar-refractivity contribution is -0.134. The summed E-state index contributed by atoms with van der Waals surface area (Å²) in [5, 5.41) is 0. The van der Waals surface area contributed by atoms with Crippen molar-refractivity contribution in [3.05, 3.63) is 78.3 Å². The molecule has 0 spiro atoms. The molecule has 1 fully saturated rings. The van der Waals surface area contributed by atoms with Gasteiger partial charge >= 0.3 is 0 Å². The van der Waals surface area contributed by atoms with E-state index in [1.54, 1.807) is 46.2 Å². The Morgan fingerprint density at radius 2 is 1.42 bits per heavy atom. The highest BCUT2D eigenvalue weighted by atomic mass is 16.5. The van der Waals surface area contributed by atoms with E-state index in [9.17, 15) is 9.59 Å². The van der Waals surface area contributed by atoms with Crippen LogP contribution in [-0.4, -0.2) is 54.4 Å². The Balaban J connectivity index is 1.22. The van der Waals surface area contributed by atoms with Gasteiger partial charge < -0.3 is 23.7 Å². The van der Waals surface area contributed by atoms with Crippen molar-refractivity contribution >= 4 is 11.8 Å². The van der Waals surface area contributed by atoms with Crippen LogP contribution in [0.2, 0.25) is 0 Å². The van der Waals surface area contributed by atoms with Crippen molar-refractivity contribution in [2.45, 2.75) is 6.92 Å². The van der Waals surface area contributed by atoms with Crippen molar-refractivity contribution in [1.82, 2.24) is 9.80 Å². The summed E-state index contributed by atoms with van der Waals surface area (Å²) in [5.74, 6) is 2.11. The highest BCUT2D eigenvalue weighted by Crippen LogP contribution is 2.24. The largest absolute Gasteiger partial charge is 0.484 e. The third kappa shape index (κ3) is 5.25. The van der Waals surface area contributed by atoms with Gasteiger partial charge in [0.25, 0.3) is 11.8 Å². The molecule has 0 saturated carbocycles. The van der Waals surface area contributed by atoms with Gasteiger partial charge in [-0.1, -0.05) is 17.7 Å². The van der Waals surface area contributed by atoms with Crippen LogP contribution in [0.5, 0.6) is 17.2 Å². The smallest absolute Gasteiger partial charge is 0.289 e. The van der Waals surface area contributed by atoms with Crippen molar-refractivity contribution in [2.24, 2.45) is 0 Å². The zero-order chi connectivity index (χ0) is 21.6. The molecule has 160 valence electrons. The highest BCUT2D eigenvalue weighted by molar-refractivity contribution is 5.91. The molecule has 3 aromatic rings. The molecule has 0 N–H and O–H groups in total. The molecule has 0 aliphatic carbocycles. The number of carbonyl (C=O) groups excluding carboxylic acids is 2. The number of rotatable bonds is 6. The van der Waals surface area contributed by atoms with Gasteiger partial charge in [0.1, 0.15) is 17.2 Å². The first kappa shape index (κ1) is 20.5. The molecular weight excluding hydrogens is 396 g/mol. The molecule has 2 amide bonds. The molecule has 1 saturated heterocycles. The normalized spacial score (nSPS) is 13.7. The van der Waals surface area contributed by atoms with Crippen LogP contribution in [0.25, 0.3) is 0 Å². The van der Waals surface area contributed by atoms with Crippen LogP contribution in [0, 0.1) is 6.92 Å². The van der Waals surface area contributed by atoms with E-state index < -0.39 is 0 Å². The zero-order valence-corrected chi connectivity index (χ0v) is 17.3. The molecule has 0 bridgehead atoms. The number of hydrogen-bond donors (Lipinski definition) is 0. The van der Waals surface area contributed by atoms with Crippen molar-refractivity contribution in [3.8, 4) is 17.2 Å². The lowest BCUT2D eigenvalue weighted by Crippen LogP contribution is -2.51. The highest BCUT2D eigenvalue weighted by Gasteiger charge is 2.26. The molecule has 0 radical (unpaired) electrons. The number of carbonyl (C=O) groups is 2. The van der Waals surface area contributed by atoms with E-state index in [0.717, 1.165) is 5.75 Å². The fourth-order valence-corrected chi connectivity index (χ4v) is 3.30. The van der Waals surface area contributed by atoms with E-state index in [0.29, 0.717) is 43.4 Å². The van der Waals surface area contributed by atoms with Gasteiger partial charge in [-0.2, -0.15) is 0 Å². The molecular formula is C24H24N2O5. The average Bonchev–Trinajstić information content (AvgIpc) is 3.34. The second-order valence-electron chi connectivity index (χ2n) is 7.33. The Hall–Kier alpha value is -3.74. The molecule has 4 rings (SSSR count). The Labute approximate surface area is 180 Å². The topological polar surface area (TPSA) is 72.2 Å². The summed E-state index contributed by atoms with van der Waals surface area (Å²) in [6.45, 7) is 3.85. The van der Waals surface area contributed by atoms with Crippen LogP contribution in [0.15, 0.2) is 71.3 Å². The van der Waals surface area contributed by atoms with Gasteiger partial charge in [0.2, 0.25) is 0 Å². The molecule has 1 aromatic heterocycles. The van der Waals surface area contributed by atoms with Crippen LogP contribution >= 0.6 is 0 Å². The quantitative estimate of drug-likeness (QED) is 0.607. The number of aryl methyl sites for hydroxylation is 1. The number of hydrogen-bond acceptors (Lipinski definition) is 5. The minimum atomic E-state index is -0.152. The predicted octanol–water partition coefficient (Wildman–Crippen LogP) is 3.74. The van der Waals surface area contributed by atoms with Crippen molar-refractivity contribution < 1.29 is 23.5 Å². The molecule has 7 nitrogen and oxygen atoms in total. The average molecular weight is 420 g/mol. The van der Waals surface area contributed by atoms with Crippen LogP contribution in [0.1, 0.15) is 16.1 Å². The van der Waals surface area contributed by atoms with E-state index in [2.05, 4.69) is 0 Å². The summed E-state index contributed by atoms with van der Waals surface area (Å²) in [6.07, 6.45) is 1.48. The lowest BCUT2D eigenvalue weighted by Gasteiger charge is -2.34. The molecule has 1 aliphatic heterocycles. The summed E-state index contributed by atoms with van der Waals surface area (Å²) in [6, 6.07) is 18.3. The van der Waals surface area contributed by atoms with Crippen LogP contribution in [0.3, 0.4) is 0 Å². The second-order valence-corrected chi connectivity index (χ2v) is 7.33. The Kier molecular flexibility index (Phi) is 6.21. The van der Waals surface area contributed by atoms with Gasteiger partial charge in [-0.25, -0.2) is 0 Å². The fraction of sp³-hybridized carbons (Fsp3) is 0.250. The third-order valence-electron chi connectivity index (χ3n) is 5.09. The van der Waals surface area contributed by atoms with Gasteiger partial charge in [-0.05, 0) is 55.5 Å². The minimum absolute atomic E-state index is 0.0513. The maximum atomic E-state index is 12.5. The summed E-state index contributed by atoms with van der Waals surface area (Å²) in [4.78, 5) is 28.2. The number of ether oxygens (including phenoxy) is 2. The number of nitrogens with zero attached hydrogens (tertiary/aromatic N) is 2. The second kappa shape index (κ2) is 9.38. The predicted molar refractivity (Wildman–Crippen MR) is 114 cm³/mol. The maximum Gasteiger partial charge on any atom is 0.289 e. The zero-order valence-electron chi connectivity index (χ0n) is 17.3. The molecule has 0 unspecified atom stereocenters. The molecule has 2 heterocycles. The standard InChI is InChI=1S/C24H24N2O5/c1-18-4-6-20(7-5-18)31-21-10-8-19(9-11-21)30-17-23(27)25-12-14-26(15-13-25)24(28)22-3-2-16-29-22/h2-11,16H,12-15,17H2,1H3. The summed E-state index contributed by atoms with van der Waals surface area (Å²) in [5.41, 5.74) is 1.17. The number of furan rings is 1. The summed E-state index contributed by atoms with van der Waals surface area (Å²) >= 11 is 0. The van der Waals surface area contributed by atoms with E-state index >= 15 is 0 Å². The van der Waals surface area contributed by atoms with Crippen molar-refractivity contribution in [3.63, 3.8) is 0 Å². The minimum Gasteiger partial charge on any atom is -0.484 e. The van der Waals surface area contributed by atoms with E-state index in [1.807, 2.05) is 31.2 Å². The van der Waals surface area contributed by atoms with Gasteiger partial charge in [0.05, 0.1) is 6.26 Å². The Bertz CT molecular complexity index is 1010. The van der Waals surface area contributed by atoms with Gasteiger partial charge in [0, 0.05) is 26.2 Å². The van der Waals surface area contributed by atoms with Gasteiger partial charge in [-0.3, -0.25) is 9.59 Å². The first-order valence-electron chi connectivity index (χ1n) is 10.2. The van der Waals surface area contributed by atoms with E-state index in [4.69, 9.17) is 13.9 Å². The number of amides is 2. The molecule has 0 atom stereocenters. The fourth-order valence-electron chi connectivity index (χ4n) is 3.30. The number of benzene rings is 2. The lowest BCUT2D eigenvalue weighted by atomic mass is 10.2. The van der Waals surface area contributed by atoms with E-state index in [1.165, 1.54) is 11.8 Å². The molecule has 7 heteroatoms. The first-order chi connectivity index (χ1) is 15.1. The van der Waals surface area contributed by atoms with Gasteiger partial charge in [-0.15, -0.1) is 0 Å². The molecule has 1 aliphatic rings. The monoisotopic (exact) mass is 420 g/mol. The van der Waals surface area contributed by atoms with Crippen LogP contribution in [-0.2, 0) is 4.79 Å². The van der Waals surface area contributed by atoms with Crippen LogP contribution in [0.4, 0.5) is 0 Å². The SMILES string of the molecule is Cc1ccc(Oc2ccc(OCC(=O)N3CCN(C(=O)c4ccco4)CC3)cc2)cc1. The van der Waals surface area contributed by atoms with Crippen LogP contribution < -0.4 is 9.47 Å². The summed E-state index contributed by atoms with van der Waals surface area (Å²) in [7, 11) is 0. The number of piperazine rings is 1. The van der Waals surface area contributed by atoms with E-state index in [-0.39, 0.29) is 18.4 Å². The van der Waals surface area contributed by atoms with Crippen molar-refractivity contribution in [1.29, 1.82) is 0 Å². The summed E-state index contributed by atoms with van der Waals surface area (Å²) < 4.78 is 16.6. The van der Waals surface area contributed by atoms with Crippen molar-refractivity contribution in [2.75, 3.05) is 32.8 Å². The first-order valence-corrected chi connectivity index (χ1v) is 10.2. The maximum absolute atomic E-state index is 12.5. The van der Waals surface area contributed by atoms with Gasteiger partial charge in [0.15, 0.2) is 12.4 Å². The Morgan fingerprint density at radius 1 is 0.839 bits per heavy atom. The Morgan fingerprint density at radius 3 is 2.03 bits per heavy atom.